The summed E-state index contributed by atoms with van der Waals surface area (Å²) in [5.74, 6) is 0.623. The number of methoxy groups -OCH3 is 2. The van der Waals surface area contributed by atoms with E-state index in [0.717, 1.165) is 0 Å². The summed E-state index contributed by atoms with van der Waals surface area (Å²) in [6.45, 7) is 0. The van der Waals surface area contributed by atoms with E-state index in [2.05, 4.69) is 0 Å². The fraction of sp³-hybridized carbons (Fsp3) is 0.250. The quantitative estimate of drug-likeness (QED) is 0.913. The Morgan fingerprint density at radius 3 is 2.33 bits per heavy atom. The number of ether oxygens (including phenoxy) is 2. The zero-order valence-electron chi connectivity index (χ0n) is 11.8. The largest absolute Gasteiger partial charge is 0.496 e. The first kappa shape index (κ1) is 15.6. The van der Waals surface area contributed by atoms with Crippen molar-refractivity contribution < 1.29 is 19.0 Å². The molecule has 2 aromatic carbocycles. The van der Waals surface area contributed by atoms with Crippen LogP contribution < -0.4 is 9.47 Å². The molecular formula is C16H16ClFO3. The maximum absolute atomic E-state index is 13.3. The standard InChI is InChI=1S/C16H16ClFO3/c1-20-14-4-3-5-15(21-2)16(14)13(19)9-10-8-11(18)6-7-12(10)17/h3-8,13,19H,9H2,1-2H3. The molecule has 0 spiro atoms. The first-order chi connectivity index (χ1) is 10.1. The van der Waals surface area contributed by atoms with E-state index in [-0.39, 0.29) is 6.42 Å². The third-order valence-corrected chi connectivity index (χ3v) is 3.59. The molecule has 1 atom stereocenters. The van der Waals surface area contributed by atoms with Crippen LogP contribution in [0.1, 0.15) is 17.2 Å². The van der Waals surface area contributed by atoms with Crippen molar-refractivity contribution in [3.8, 4) is 11.5 Å². The number of aliphatic hydroxyl groups excluding tert-OH is 1. The van der Waals surface area contributed by atoms with Gasteiger partial charge in [-0.25, -0.2) is 4.39 Å². The molecular weight excluding hydrogens is 295 g/mol. The Bertz CT molecular complexity index is 609. The monoisotopic (exact) mass is 310 g/mol. The summed E-state index contributed by atoms with van der Waals surface area (Å²) < 4.78 is 23.8. The smallest absolute Gasteiger partial charge is 0.128 e. The van der Waals surface area contributed by atoms with Crippen molar-refractivity contribution in [2.75, 3.05) is 14.2 Å². The Hall–Kier alpha value is -1.78. The van der Waals surface area contributed by atoms with Crippen molar-refractivity contribution in [3.05, 3.63) is 58.4 Å². The van der Waals surface area contributed by atoms with Gasteiger partial charge in [0.05, 0.1) is 25.9 Å². The van der Waals surface area contributed by atoms with Crippen molar-refractivity contribution >= 4 is 11.6 Å². The number of rotatable bonds is 5. The highest BCUT2D eigenvalue weighted by Crippen LogP contribution is 2.36. The van der Waals surface area contributed by atoms with Gasteiger partial charge in [0, 0.05) is 11.4 Å². The Labute approximate surface area is 127 Å². The molecule has 3 nitrogen and oxygen atoms in total. The predicted molar refractivity (Wildman–Crippen MR) is 79.6 cm³/mol. The van der Waals surface area contributed by atoms with E-state index in [1.807, 2.05) is 0 Å². The SMILES string of the molecule is COc1cccc(OC)c1C(O)Cc1cc(F)ccc1Cl. The normalized spacial score (nSPS) is 12.0. The van der Waals surface area contributed by atoms with Crippen molar-refractivity contribution in [1.82, 2.24) is 0 Å². The third-order valence-electron chi connectivity index (χ3n) is 3.22. The third kappa shape index (κ3) is 3.46. The molecule has 0 aliphatic carbocycles. The van der Waals surface area contributed by atoms with Crippen LogP contribution in [0.25, 0.3) is 0 Å². The van der Waals surface area contributed by atoms with E-state index in [1.165, 1.54) is 32.4 Å². The Morgan fingerprint density at radius 2 is 1.76 bits per heavy atom. The summed E-state index contributed by atoms with van der Waals surface area (Å²) in [5.41, 5.74) is 1.04. The van der Waals surface area contributed by atoms with Crippen molar-refractivity contribution in [3.63, 3.8) is 0 Å². The fourth-order valence-corrected chi connectivity index (χ4v) is 2.41. The van der Waals surface area contributed by atoms with E-state index in [1.54, 1.807) is 18.2 Å². The van der Waals surface area contributed by atoms with E-state index in [0.29, 0.717) is 27.6 Å². The van der Waals surface area contributed by atoms with Gasteiger partial charge in [-0.3, -0.25) is 0 Å². The van der Waals surface area contributed by atoms with Gasteiger partial charge in [0.2, 0.25) is 0 Å². The number of hydrogen-bond acceptors (Lipinski definition) is 3. The minimum atomic E-state index is -0.921. The summed E-state index contributed by atoms with van der Waals surface area (Å²) in [6.07, 6.45) is -0.761. The minimum absolute atomic E-state index is 0.160. The second-order valence-electron chi connectivity index (χ2n) is 4.53. The molecule has 0 bridgehead atoms. The topological polar surface area (TPSA) is 38.7 Å². The van der Waals surface area contributed by atoms with Gasteiger partial charge in [-0.15, -0.1) is 0 Å². The van der Waals surface area contributed by atoms with Crippen LogP contribution in [-0.4, -0.2) is 19.3 Å². The van der Waals surface area contributed by atoms with Gasteiger partial charge in [0.1, 0.15) is 17.3 Å². The summed E-state index contributed by atoms with van der Waals surface area (Å²) in [6, 6.07) is 9.29. The summed E-state index contributed by atoms with van der Waals surface area (Å²) in [4.78, 5) is 0. The fourth-order valence-electron chi connectivity index (χ4n) is 2.22. The molecule has 0 aliphatic heterocycles. The second-order valence-corrected chi connectivity index (χ2v) is 4.94. The number of benzene rings is 2. The van der Waals surface area contributed by atoms with E-state index >= 15 is 0 Å². The molecule has 5 heteroatoms. The van der Waals surface area contributed by atoms with Crippen LogP contribution in [0.2, 0.25) is 5.02 Å². The lowest BCUT2D eigenvalue weighted by Gasteiger charge is -2.18. The molecule has 1 N–H and O–H groups in total. The van der Waals surface area contributed by atoms with Crippen LogP contribution in [0.5, 0.6) is 11.5 Å². The highest BCUT2D eigenvalue weighted by molar-refractivity contribution is 6.31. The average molecular weight is 311 g/mol. The number of aliphatic hydroxyl groups is 1. The molecule has 2 rings (SSSR count). The van der Waals surface area contributed by atoms with Crippen molar-refractivity contribution in [1.29, 1.82) is 0 Å². The van der Waals surface area contributed by atoms with Gasteiger partial charge in [-0.05, 0) is 35.9 Å². The molecule has 0 aromatic heterocycles. The Kier molecular flexibility index (Phi) is 5.04. The van der Waals surface area contributed by atoms with Gasteiger partial charge in [-0.1, -0.05) is 17.7 Å². The van der Waals surface area contributed by atoms with Gasteiger partial charge in [0.15, 0.2) is 0 Å². The van der Waals surface area contributed by atoms with Gasteiger partial charge in [-0.2, -0.15) is 0 Å². The number of hydrogen-bond donors (Lipinski definition) is 1. The summed E-state index contributed by atoms with van der Waals surface area (Å²) in [5, 5.41) is 10.9. The van der Waals surface area contributed by atoms with E-state index in [9.17, 15) is 9.50 Å². The van der Waals surface area contributed by atoms with Crippen molar-refractivity contribution in [2.24, 2.45) is 0 Å². The molecule has 0 amide bonds. The van der Waals surface area contributed by atoms with Gasteiger partial charge in [0.25, 0.3) is 0 Å². The Balaban J connectivity index is 2.36. The minimum Gasteiger partial charge on any atom is -0.496 e. The lowest BCUT2D eigenvalue weighted by Crippen LogP contribution is -2.07. The number of halogens is 2. The van der Waals surface area contributed by atoms with E-state index < -0.39 is 11.9 Å². The highest BCUT2D eigenvalue weighted by atomic mass is 35.5. The van der Waals surface area contributed by atoms with Crippen LogP contribution in [0.3, 0.4) is 0 Å². The zero-order valence-corrected chi connectivity index (χ0v) is 12.5. The molecule has 1 unspecified atom stereocenters. The molecule has 0 heterocycles. The molecule has 21 heavy (non-hydrogen) atoms. The van der Waals surface area contributed by atoms with Crippen molar-refractivity contribution in [2.45, 2.75) is 12.5 Å². The molecule has 112 valence electrons. The highest BCUT2D eigenvalue weighted by Gasteiger charge is 2.20. The van der Waals surface area contributed by atoms with Crippen LogP contribution in [0.4, 0.5) is 4.39 Å². The molecule has 0 aliphatic rings. The van der Waals surface area contributed by atoms with Crippen LogP contribution in [0, 0.1) is 5.82 Å². The molecule has 0 saturated heterocycles. The predicted octanol–water partition coefficient (Wildman–Crippen LogP) is 3.77. The first-order valence-corrected chi connectivity index (χ1v) is 6.77. The van der Waals surface area contributed by atoms with Crippen LogP contribution in [0.15, 0.2) is 36.4 Å². The van der Waals surface area contributed by atoms with Gasteiger partial charge >= 0.3 is 0 Å². The maximum atomic E-state index is 13.3. The molecule has 0 radical (unpaired) electrons. The Morgan fingerprint density at radius 1 is 1.14 bits per heavy atom. The molecule has 0 saturated carbocycles. The summed E-state index contributed by atoms with van der Waals surface area (Å²) >= 11 is 6.03. The lowest BCUT2D eigenvalue weighted by atomic mass is 9.99. The van der Waals surface area contributed by atoms with Gasteiger partial charge < -0.3 is 14.6 Å². The van der Waals surface area contributed by atoms with Crippen LogP contribution >= 0.6 is 11.6 Å². The lowest BCUT2D eigenvalue weighted by molar-refractivity contribution is 0.169. The maximum Gasteiger partial charge on any atom is 0.128 e. The average Bonchev–Trinajstić information content (AvgIpc) is 2.49. The first-order valence-electron chi connectivity index (χ1n) is 6.39. The molecule has 0 fully saturated rings. The summed E-state index contributed by atoms with van der Waals surface area (Å²) in [7, 11) is 3.03. The second kappa shape index (κ2) is 6.78. The van der Waals surface area contributed by atoms with E-state index in [4.69, 9.17) is 21.1 Å². The van der Waals surface area contributed by atoms with Crippen LogP contribution in [-0.2, 0) is 6.42 Å². The molecule has 2 aromatic rings. The zero-order chi connectivity index (χ0) is 15.4.